The van der Waals surface area contributed by atoms with Crippen LogP contribution < -0.4 is 5.32 Å². The van der Waals surface area contributed by atoms with Crippen molar-refractivity contribution in [3.8, 4) is 0 Å². The van der Waals surface area contributed by atoms with E-state index in [1.54, 1.807) is 17.8 Å². The zero-order valence-corrected chi connectivity index (χ0v) is 13.4. The van der Waals surface area contributed by atoms with Crippen molar-refractivity contribution in [3.05, 3.63) is 65.5 Å². The first-order chi connectivity index (χ1) is 11.1. The summed E-state index contributed by atoms with van der Waals surface area (Å²) >= 11 is 1.79. The molecule has 1 aliphatic heterocycles. The summed E-state index contributed by atoms with van der Waals surface area (Å²) in [5.74, 6) is 0.308. The molecule has 2 aromatic carbocycles. The molecule has 2 N–H and O–H groups in total. The van der Waals surface area contributed by atoms with E-state index < -0.39 is 11.9 Å². The number of hydrogen-bond acceptors (Lipinski definition) is 3. The molecule has 2 atom stereocenters. The predicted octanol–water partition coefficient (Wildman–Crippen LogP) is 3.60. The second-order valence-corrected chi connectivity index (χ2v) is 6.71. The van der Waals surface area contributed by atoms with Crippen LogP contribution in [0.5, 0.6) is 0 Å². The van der Waals surface area contributed by atoms with E-state index >= 15 is 0 Å². The van der Waals surface area contributed by atoms with Gasteiger partial charge < -0.3 is 10.4 Å². The zero-order chi connectivity index (χ0) is 16.2. The molecule has 0 spiro atoms. The molecule has 3 nitrogen and oxygen atoms in total. The molecule has 120 valence electrons. The number of benzene rings is 2. The molecule has 0 saturated heterocycles. The van der Waals surface area contributed by atoms with E-state index in [9.17, 15) is 14.3 Å². The lowest BCUT2D eigenvalue weighted by Gasteiger charge is -2.26. The summed E-state index contributed by atoms with van der Waals surface area (Å²) in [5.41, 5.74) is 1.54. The highest BCUT2D eigenvalue weighted by atomic mass is 32.2. The Labute approximate surface area is 138 Å². The Bertz CT molecular complexity index is 707. The van der Waals surface area contributed by atoms with Crippen molar-refractivity contribution in [2.24, 2.45) is 0 Å². The molecule has 0 fully saturated rings. The van der Waals surface area contributed by atoms with Gasteiger partial charge in [0.15, 0.2) is 0 Å². The fraction of sp³-hybridized carbons (Fsp3) is 0.278. The van der Waals surface area contributed by atoms with Gasteiger partial charge >= 0.3 is 0 Å². The van der Waals surface area contributed by atoms with E-state index in [0.29, 0.717) is 5.56 Å². The van der Waals surface area contributed by atoms with E-state index in [2.05, 4.69) is 11.4 Å². The molecule has 0 radical (unpaired) electrons. The number of nitrogens with one attached hydrogen (secondary N) is 1. The Kier molecular flexibility index (Phi) is 4.98. The first-order valence-corrected chi connectivity index (χ1v) is 8.56. The number of carbonyl (C=O) groups is 1. The molecular formula is C18H18FNO2S. The molecular weight excluding hydrogens is 313 g/mol. The van der Waals surface area contributed by atoms with Crippen LogP contribution in [0.15, 0.2) is 53.4 Å². The second kappa shape index (κ2) is 7.15. The smallest absolute Gasteiger partial charge is 0.223 e. The molecule has 1 aliphatic rings. The Morgan fingerprint density at radius 2 is 2.13 bits per heavy atom. The average molecular weight is 331 g/mol. The average Bonchev–Trinajstić information content (AvgIpc) is 2.55. The van der Waals surface area contributed by atoms with E-state index in [1.165, 1.54) is 23.1 Å². The Morgan fingerprint density at radius 1 is 1.30 bits per heavy atom. The van der Waals surface area contributed by atoms with Crippen molar-refractivity contribution in [1.82, 2.24) is 5.32 Å². The van der Waals surface area contributed by atoms with Gasteiger partial charge in [0.2, 0.25) is 5.91 Å². The number of thioether (sulfide) groups is 1. The standard InChI is InChI=1S/C18H18FNO2S/c19-13-5-3-4-12(10-13)16(21)11-18(22)20-15-8-9-23-17-7-2-1-6-14(15)17/h1-7,10,15-16,21H,8-9,11H2,(H,20,22). The van der Waals surface area contributed by atoms with Crippen LogP contribution in [0.1, 0.15) is 36.1 Å². The monoisotopic (exact) mass is 331 g/mol. The van der Waals surface area contributed by atoms with Crippen molar-refractivity contribution >= 4 is 17.7 Å². The summed E-state index contributed by atoms with van der Waals surface area (Å²) in [7, 11) is 0. The van der Waals surface area contributed by atoms with E-state index in [1.807, 2.05) is 18.2 Å². The third-order valence-corrected chi connectivity index (χ3v) is 5.03. The summed E-state index contributed by atoms with van der Waals surface area (Å²) in [4.78, 5) is 13.4. The van der Waals surface area contributed by atoms with Gasteiger partial charge in [0.05, 0.1) is 18.6 Å². The number of fused-ring (bicyclic) bond motifs is 1. The van der Waals surface area contributed by atoms with Crippen LogP contribution >= 0.6 is 11.8 Å². The van der Waals surface area contributed by atoms with Crippen molar-refractivity contribution in [3.63, 3.8) is 0 Å². The number of carbonyl (C=O) groups excluding carboxylic acids is 1. The van der Waals surface area contributed by atoms with Crippen LogP contribution in [0.3, 0.4) is 0 Å². The third kappa shape index (κ3) is 3.92. The first-order valence-electron chi connectivity index (χ1n) is 7.58. The van der Waals surface area contributed by atoms with Gasteiger partial charge in [-0.25, -0.2) is 4.39 Å². The fourth-order valence-corrected chi connectivity index (χ4v) is 3.88. The predicted molar refractivity (Wildman–Crippen MR) is 88.6 cm³/mol. The van der Waals surface area contributed by atoms with Crippen molar-refractivity contribution in [2.75, 3.05) is 5.75 Å². The van der Waals surface area contributed by atoms with Crippen LogP contribution in [-0.2, 0) is 4.79 Å². The van der Waals surface area contributed by atoms with Crippen molar-refractivity contribution in [1.29, 1.82) is 0 Å². The highest BCUT2D eigenvalue weighted by Gasteiger charge is 2.23. The van der Waals surface area contributed by atoms with Crippen LogP contribution in [0.4, 0.5) is 4.39 Å². The highest BCUT2D eigenvalue weighted by molar-refractivity contribution is 7.99. The number of aliphatic hydroxyl groups is 1. The maximum atomic E-state index is 13.2. The number of rotatable bonds is 4. The summed E-state index contributed by atoms with van der Waals surface area (Å²) in [6.45, 7) is 0. The van der Waals surface area contributed by atoms with E-state index in [-0.39, 0.29) is 18.4 Å². The second-order valence-electron chi connectivity index (χ2n) is 5.57. The van der Waals surface area contributed by atoms with Crippen molar-refractivity contribution < 1.29 is 14.3 Å². The van der Waals surface area contributed by atoms with Crippen LogP contribution in [-0.4, -0.2) is 16.8 Å². The number of aliphatic hydroxyl groups excluding tert-OH is 1. The molecule has 0 saturated carbocycles. The minimum Gasteiger partial charge on any atom is -0.388 e. The topological polar surface area (TPSA) is 49.3 Å². The molecule has 3 rings (SSSR count). The van der Waals surface area contributed by atoms with Crippen molar-refractivity contribution in [2.45, 2.75) is 29.9 Å². The van der Waals surface area contributed by atoms with E-state index in [0.717, 1.165) is 17.7 Å². The molecule has 1 heterocycles. The molecule has 0 aromatic heterocycles. The number of amides is 1. The largest absolute Gasteiger partial charge is 0.388 e. The third-order valence-electron chi connectivity index (χ3n) is 3.91. The van der Waals surface area contributed by atoms with Crippen LogP contribution in [0.25, 0.3) is 0 Å². The van der Waals surface area contributed by atoms with Gasteiger partial charge in [-0.1, -0.05) is 30.3 Å². The summed E-state index contributed by atoms with van der Waals surface area (Å²) < 4.78 is 13.2. The lowest BCUT2D eigenvalue weighted by atomic mass is 10.0. The van der Waals surface area contributed by atoms with Gasteiger partial charge in [-0.2, -0.15) is 0 Å². The Morgan fingerprint density at radius 3 is 2.96 bits per heavy atom. The first kappa shape index (κ1) is 16.0. The number of hydrogen-bond donors (Lipinski definition) is 2. The van der Waals surface area contributed by atoms with E-state index in [4.69, 9.17) is 0 Å². The molecule has 2 aromatic rings. The van der Waals surface area contributed by atoms with Gasteiger partial charge in [-0.05, 0) is 35.7 Å². The quantitative estimate of drug-likeness (QED) is 0.900. The molecule has 2 unspecified atom stereocenters. The van der Waals surface area contributed by atoms with Gasteiger partial charge in [0, 0.05) is 10.6 Å². The molecule has 5 heteroatoms. The highest BCUT2D eigenvalue weighted by Crippen LogP contribution is 2.35. The summed E-state index contributed by atoms with van der Waals surface area (Å²) in [6, 6.07) is 13.7. The van der Waals surface area contributed by atoms with Gasteiger partial charge in [-0.15, -0.1) is 11.8 Å². The molecule has 0 aliphatic carbocycles. The summed E-state index contributed by atoms with van der Waals surface area (Å²) in [5, 5.41) is 13.1. The van der Waals surface area contributed by atoms with Crippen LogP contribution in [0.2, 0.25) is 0 Å². The van der Waals surface area contributed by atoms with Gasteiger partial charge in [0.1, 0.15) is 5.82 Å². The zero-order valence-electron chi connectivity index (χ0n) is 12.5. The SMILES string of the molecule is O=C(CC(O)c1cccc(F)c1)NC1CCSc2ccccc21. The lowest BCUT2D eigenvalue weighted by Crippen LogP contribution is -2.31. The Balaban J connectivity index is 1.64. The van der Waals surface area contributed by atoms with Gasteiger partial charge in [0.25, 0.3) is 0 Å². The maximum Gasteiger partial charge on any atom is 0.223 e. The lowest BCUT2D eigenvalue weighted by molar-refractivity contribution is -0.123. The minimum atomic E-state index is -1.00. The molecule has 23 heavy (non-hydrogen) atoms. The minimum absolute atomic E-state index is 0.0281. The normalized spacial score (nSPS) is 18.1. The Hall–Kier alpha value is -1.85. The fourth-order valence-electron chi connectivity index (χ4n) is 2.75. The van der Waals surface area contributed by atoms with Gasteiger partial charge in [-0.3, -0.25) is 4.79 Å². The molecule has 0 bridgehead atoms. The molecule has 1 amide bonds. The summed E-state index contributed by atoms with van der Waals surface area (Å²) in [6.07, 6.45) is -0.211. The maximum absolute atomic E-state index is 13.2. The van der Waals surface area contributed by atoms with Crippen LogP contribution in [0, 0.1) is 5.82 Å². The number of halogens is 1.